The molecule has 0 radical (unpaired) electrons. The van der Waals surface area contributed by atoms with Crippen LogP contribution in [0, 0.1) is 0 Å². The quantitative estimate of drug-likeness (QED) is 0.842. The van der Waals surface area contributed by atoms with E-state index in [1.807, 2.05) is 12.4 Å². The predicted molar refractivity (Wildman–Crippen MR) is 76.8 cm³/mol. The molecule has 0 bridgehead atoms. The molecule has 4 heteroatoms. The molecular weight excluding hydrogens is 224 g/mol. The van der Waals surface area contributed by atoms with E-state index in [2.05, 4.69) is 61.9 Å². The first-order valence-electron chi connectivity index (χ1n) is 6.65. The summed E-state index contributed by atoms with van der Waals surface area (Å²) in [5.74, 6) is 0.935. The van der Waals surface area contributed by atoms with Crippen LogP contribution in [-0.2, 0) is 6.54 Å². The Labute approximate surface area is 111 Å². The molecule has 0 saturated heterocycles. The first kappa shape index (κ1) is 14.9. The normalized spacial score (nSPS) is 11.9. The number of hydrogen-bond acceptors (Lipinski definition) is 4. The maximum absolute atomic E-state index is 4.66. The maximum atomic E-state index is 4.66. The number of nitrogens with one attached hydrogen (secondary N) is 1. The molecule has 1 heterocycles. The van der Waals surface area contributed by atoms with E-state index in [-0.39, 0.29) is 5.54 Å². The molecule has 4 nitrogen and oxygen atoms in total. The zero-order chi connectivity index (χ0) is 13.8. The summed E-state index contributed by atoms with van der Waals surface area (Å²) in [6.07, 6.45) is 4.72. The Hall–Kier alpha value is -1.16. The van der Waals surface area contributed by atoms with Crippen molar-refractivity contribution in [3.05, 3.63) is 18.1 Å². The molecule has 0 fully saturated rings. The highest BCUT2D eigenvalue weighted by molar-refractivity contribution is 5.38. The lowest BCUT2D eigenvalue weighted by atomic mass is 10.0. The van der Waals surface area contributed by atoms with Crippen molar-refractivity contribution >= 4 is 5.82 Å². The van der Waals surface area contributed by atoms with Gasteiger partial charge in [-0.25, -0.2) is 4.98 Å². The summed E-state index contributed by atoms with van der Waals surface area (Å²) in [4.78, 5) is 11.1. The van der Waals surface area contributed by atoms with Gasteiger partial charge in [0.2, 0.25) is 0 Å². The Bertz CT molecular complexity index is 374. The molecule has 1 aromatic rings. The fourth-order valence-corrected chi connectivity index (χ4v) is 1.50. The molecular formula is C14H26N4. The van der Waals surface area contributed by atoms with Gasteiger partial charge in [0.1, 0.15) is 5.82 Å². The van der Waals surface area contributed by atoms with Crippen LogP contribution in [0.4, 0.5) is 5.82 Å². The summed E-state index contributed by atoms with van der Waals surface area (Å²) >= 11 is 0. The van der Waals surface area contributed by atoms with Gasteiger partial charge < -0.3 is 10.2 Å². The van der Waals surface area contributed by atoms with Crippen molar-refractivity contribution in [2.24, 2.45) is 0 Å². The van der Waals surface area contributed by atoms with Crippen LogP contribution < -0.4 is 10.2 Å². The summed E-state index contributed by atoms with van der Waals surface area (Å²) in [5.41, 5.74) is 1.08. The first-order chi connectivity index (χ1) is 8.36. The van der Waals surface area contributed by atoms with Crippen molar-refractivity contribution in [3.63, 3.8) is 0 Å². The summed E-state index contributed by atoms with van der Waals surface area (Å²) in [6, 6.07) is 0.459. The fraction of sp³-hybridized carbons (Fsp3) is 0.714. The number of rotatable bonds is 6. The van der Waals surface area contributed by atoms with Crippen LogP contribution in [0.15, 0.2) is 12.4 Å². The molecule has 1 rings (SSSR count). The number of aromatic nitrogens is 2. The second-order valence-corrected chi connectivity index (χ2v) is 5.63. The van der Waals surface area contributed by atoms with Gasteiger partial charge in [-0.15, -0.1) is 0 Å². The second-order valence-electron chi connectivity index (χ2n) is 5.63. The van der Waals surface area contributed by atoms with Crippen LogP contribution in [0.25, 0.3) is 0 Å². The second kappa shape index (κ2) is 6.14. The van der Waals surface area contributed by atoms with Gasteiger partial charge in [-0.05, 0) is 20.3 Å². The highest BCUT2D eigenvalue weighted by atomic mass is 15.2. The molecule has 1 aromatic heterocycles. The highest BCUT2D eigenvalue weighted by Gasteiger charge is 2.22. The lowest BCUT2D eigenvalue weighted by Crippen LogP contribution is -2.41. The van der Waals surface area contributed by atoms with Crippen molar-refractivity contribution in [3.8, 4) is 0 Å². The average Bonchev–Trinajstić information content (AvgIpc) is 2.35. The van der Waals surface area contributed by atoms with E-state index in [9.17, 15) is 0 Å². The number of anilines is 1. The Balaban J connectivity index is 2.81. The highest BCUT2D eigenvalue weighted by Crippen LogP contribution is 2.22. The zero-order valence-electron chi connectivity index (χ0n) is 12.5. The minimum Gasteiger partial charge on any atom is -0.353 e. The molecule has 102 valence electrons. The lowest BCUT2D eigenvalue weighted by Gasteiger charge is -2.35. The van der Waals surface area contributed by atoms with Gasteiger partial charge in [0, 0.05) is 31.4 Å². The van der Waals surface area contributed by atoms with Crippen molar-refractivity contribution in [2.45, 2.75) is 59.2 Å². The molecule has 0 aliphatic carbocycles. The number of hydrogen-bond donors (Lipinski definition) is 1. The van der Waals surface area contributed by atoms with Crippen molar-refractivity contribution in [1.82, 2.24) is 15.3 Å². The summed E-state index contributed by atoms with van der Waals surface area (Å²) in [5, 5.41) is 3.36. The standard InChI is InChI=1S/C14H26N4/c1-7-14(4,5)18(6)13-10-15-8-12(17-13)9-16-11(2)3/h8,10-11,16H,7,9H2,1-6H3. The fourth-order valence-electron chi connectivity index (χ4n) is 1.50. The Morgan fingerprint density at radius 2 is 2.00 bits per heavy atom. The van der Waals surface area contributed by atoms with Crippen molar-refractivity contribution < 1.29 is 0 Å². The molecule has 0 atom stereocenters. The number of nitrogens with zero attached hydrogens (tertiary/aromatic N) is 3. The lowest BCUT2D eigenvalue weighted by molar-refractivity contribution is 0.465. The topological polar surface area (TPSA) is 41.1 Å². The van der Waals surface area contributed by atoms with Crippen molar-refractivity contribution in [2.75, 3.05) is 11.9 Å². The summed E-state index contributed by atoms with van der Waals surface area (Å²) in [6.45, 7) is 11.6. The predicted octanol–water partition coefficient (Wildman–Crippen LogP) is 2.60. The molecule has 1 N–H and O–H groups in total. The molecule has 0 spiro atoms. The monoisotopic (exact) mass is 250 g/mol. The van der Waals surface area contributed by atoms with E-state index in [4.69, 9.17) is 0 Å². The Morgan fingerprint density at radius 3 is 2.56 bits per heavy atom. The third kappa shape index (κ3) is 3.95. The minimum atomic E-state index is 0.0960. The maximum Gasteiger partial charge on any atom is 0.147 e. The van der Waals surface area contributed by atoms with E-state index in [1.165, 1.54) is 0 Å². The summed E-state index contributed by atoms with van der Waals surface area (Å²) < 4.78 is 0. The average molecular weight is 250 g/mol. The van der Waals surface area contributed by atoms with Gasteiger partial charge in [-0.2, -0.15) is 0 Å². The van der Waals surface area contributed by atoms with Crippen LogP contribution >= 0.6 is 0 Å². The van der Waals surface area contributed by atoms with Crippen LogP contribution in [0.3, 0.4) is 0 Å². The van der Waals surface area contributed by atoms with E-state index < -0.39 is 0 Å². The third-order valence-corrected chi connectivity index (χ3v) is 3.48. The van der Waals surface area contributed by atoms with Gasteiger partial charge in [-0.3, -0.25) is 4.98 Å². The molecule has 0 aliphatic heterocycles. The van der Waals surface area contributed by atoms with E-state index in [0.717, 1.165) is 24.5 Å². The zero-order valence-corrected chi connectivity index (χ0v) is 12.5. The molecule has 0 aliphatic rings. The van der Waals surface area contributed by atoms with Gasteiger partial charge in [0.15, 0.2) is 0 Å². The smallest absolute Gasteiger partial charge is 0.147 e. The van der Waals surface area contributed by atoms with E-state index in [1.54, 1.807) is 0 Å². The van der Waals surface area contributed by atoms with Gasteiger partial charge in [-0.1, -0.05) is 20.8 Å². The van der Waals surface area contributed by atoms with Gasteiger partial charge >= 0.3 is 0 Å². The summed E-state index contributed by atoms with van der Waals surface area (Å²) in [7, 11) is 2.08. The van der Waals surface area contributed by atoms with Crippen LogP contribution in [0.1, 0.15) is 46.7 Å². The molecule has 0 saturated carbocycles. The molecule has 0 unspecified atom stereocenters. The molecule has 0 aromatic carbocycles. The third-order valence-electron chi connectivity index (χ3n) is 3.48. The first-order valence-corrected chi connectivity index (χ1v) is 6.65. The van der Waals surface area contributed by atoms with E-state index >= 15 is 0 Å². The van der Waals surface area contributed by atoms with E-state index in [0.29, 0.717) is 6.04 Å². The SMILES string of the molecule is CCC(C)(C)N(C)c1cncc(CNC(C)C)n1. The minimum absolute atomic E-state index is 0.0960. The largest absolute Gasteiger partial charge is 0.353 e. The van der Waals surface area contributed by atoms with Gasteiger partial charge in [0.25, 0.3) is 0 Å². The van der Waals surface area contributed by atoms with Crippen LogP contribution in [-0.4, -0.2) is 28.6 Å². The Morgan fingerprint density at radius 1 is 1.33 bits per heavy atom. The molecule has 18 heavy (non-hydrogen) atoms. The molecule has 0 amide bonds. The van der Waals surface area contributed by atoms with Gasteiger partial charge in [0.05, 0.1) is 11.9 Å². The Kier molecular flexibility index (Phi) is 5.08. The van der Waals surface area contributed by atoms with Crippen molar-refractivity contribution in [1.29, 1.82) is 0 Å². The van der Waals surface area contributed by atoms with Crippen LogP contribution in [0.5, 0.6) is 0 Å². The van der Waals surface area contributed by atoms with Crippen LogP contribution in [0.2, 0.25) is 0 Å².